The Kier molecular flexibility index (Phi) is 17.2. The number of ether oxygens (including phenoxy) is 7. The average Bonchev–Trinajstić information content (AvgIpc) is 3.11. The Labute approximate surface area is 320 Å². The molecule has 306 valence electrons. The molecule has 4 aliphatic rings. The van der Waals surface area contributed by atoms with E-state index >= 15 is 0 Å². The maximum atomic E-state index is 13.4. The summed E-state index contributed by atoms with van der Waals surface area (Å²) in [6.45, 7) is 8.86. The molecule has 0 saturated carbocycles. The molecular formula is C41H64O13. The zero-order chi connectivity index (χ0) is 39.3. The Bertz CT molecular complexity index is 1300. The molecule has 13 nitrogen and oxygen atoms in total. The Balaban J connectivity index is 1.72. The maximum Gasteiger partial charge on any atom is 0.330 e. The summed E-state index contributed by atoms with van der Waals surface area (Å²) in [5.41, 5.74) is -1.08. The van der Waals surface area contributed by atoms with Crippen molar-refractivity contribution in [2.45, 2.75) is 184 Å². The van der Waals surface area contributed by atoms with Crippen molar-refractivity contribution >= 4 is 17.9 Å². The lowest BCUT2D eigenvalue weighted by molar-refractivity contribution is -0.327. The van der Waals surface area contributed by atoms with E-state index in [4.69, 9.17) is 33.2 Å². The number of carbonyl (C=O) groups is 3. The fraction of sp³-hybridized carbons (Fsp3) is 0.780. The van der Waals surface area contributed by atoms with Gasteiger partial charge in [-0.2, -0.15) is 0 Å². The van der Waals surface area contributed by atoms with Gasteiger partial charge in [0.05, 0.1) is 56.8 Å². The first-order valence-electron chi connectivity index (χ1n) is 19.9. The number of rotatable bonds is 11. The van der Waals surface area contributed by atoms with Gasteiger partial charge in [-0.25, -0.2) is 4.79 Å². The first-order valence-corrected chi connectivity index (χ1v) is 19.9. The Morgan fingerprint density at radius 1 is 0.963 bits per heavy atom. The molecule has 0 aromatic heterocycles. The molecule has 3 unspecified atom stereocenters. The summed E-state index contributed by atoms with van der Waals surface area (Å²) in [7, 11) is 1.22. The number of fused-ring (bicyclic) bond motifs is 6. The van der Waals surface area contributed by atoms with E-state index in [1.165, 1.54) is 13.2 Å². The second kappa shape index (κ2) is 21.0. The third kappa shape index (κ3) is 12.7. The SMILES string of the molecule is C=CC[C@H]1CC2CC3CCCC(C[C@@H](O)CC(=O)O[C@@H](CO)C[C@@H]4CC(=CC(=O)OC)[C@H](OC(=O)CCCCCCC)[C@@](O)(O4)C(C)(C)C=C[C@H](O2)O1)O3. The van der Waals surface area contributed by atoms with E-state index in [1.54, 1.807) is 32.1 Å². The van der Waals surface area contributed by atoms with Crippen LogP contribution in [0.5, 0.6) is 0 Å². The van der Waals surface area contributed by atoms with Gasteiger partial charge in [0.25, 0.3) is 0 Å². The van der Waals surface area contributed by atoms with E-state index in [2.05, 4.69) is 13.5 Å². The van der Waals surface area contributed by atoms with Crippen LogP contribution in [0.15, 0.2) is 36.5 Å². The number of hydrogen-bond acceptors (Lipinski definition) is 13. The number of carbonyl (C=O) groups excluding carboxylic acids is 3. The first kappa shape index (κ1) is 44.1. The van der Waals surface area contributed by atoms with Crippen molar-refractivity contribution in [3.63, 3.8) is 0 Å². The van der Waals surface area contributed by atoms with Gasteiger partial charge < -0.3 is 48.5 Å². The van der Waals surface area contributed by atoms with Crippen molar-refractivity contribution < 1.29 is 62.9 Å². The molecule has 4 heterocycles. The van der Waals surface area contributed by atoms with Gasteiger partial charge in [0.15, 0.2) is 12.4 Å². The zero-order valence-electron chi connectivity index (χ0n) is 32.7. The zero-order valence-corrected chi connectivity index (χ0v) is 32.7. The van der Waals surface area contributed by atoms with E-state index in [1.807, 2.05) is 0 Å². The van der Waals surface area contributed by atoms with Crippen molar-refractivity contribution in [1.29, 1.82) is 0 Å². The molecule has 0 aliphatic carbocycles. The molecule has 3 N–H and O–H groups in total. The van der Waals surface area contributed by atoms with Gasteiger partial charge in [-0.05, 0) is 50.2 Å². The predicted octanol–water partition coefficient (Wildman–Crippen LogP) is 5.27. The average molecular weight is 765 g/mol. The number of aliphatic hydroxyl groups is 3. The summed E-state index contributed by atoms with van der Waals surface area (Å²) < 4.78 is 42.2. The molecule has 4 rings (SSSR count). The predicted molar refractivity (Wildman–Crippen MR) is 198 cm³/mol. The first-order chi connectivity index (χ1) is 25.8. The summed E-state index contributed by atoms with van der Waals surface area (Å²) in [5, 5.41) is 33.9. The van der Waals surface area contributed by atoms with Crippen LogP contribution in [-0.4, -0.2) is 108 Å². The lowest BCUT2D eigenvalue weighted by Gasteiger charge is -2.51. The van der Waals surface area contributed by atoms with E-state index in [0.717, 1.165) is 44.9 Å². The summed E-state index contributed by atoms with van der Waals surface area (Å²) in [6, 6.07) is 0. The fourth-order valence-corrected chi connectivity index (χ4v) is 7.89. The molecule has 54 heavy (non-hydrogen) atoms. The summed E-state index contributed by atoms with van der Waals surface area (Å²) in [5.74, 6) is -4.26. The van der Waals surface area contributed by atoms with Gasteiger partial charge in [0, 0.05) is 43.6 Å². The second-order valence-corrected chi connectivity index (χ2v) is 15.8. The lowest BCUT2D eigenvalue weighted by Crippen LogP contribution is -2.62. The minimum Gasteiger partial charge on any atom is -0.466 e. The van der Waals surface area contributed by atoms with Gasteiger partial charge in [-0.15, -0.1) is 6.58 Å². The van der Waals surface area contributed by atoms with Crippen LogP contribution in [0.1, 0.15) is 124 Å². The molecule has 0 radical (unpaired) electrons. The molecule has 3 saturated heterocycles. The minimum absolute atomic E-state index is 0.0116. The van der Waals surface area contributed by atoms with Gasteiger partial charge in [-0.1, -0.05) is 58.6 Å². The number of hydrogen-bond donors (Lipinski definition) is 3. The van der Waals surface area contributed by atoms with E-state index < -0.39 is 66.4 Å². The largest absolute Gasteiger partial charge is 0.466 e. The van der Waals surface area contributed by atoms with Gasteiger partial charge in [-0.3, -0.25) is 9.59 Å². The number of esters is 3. The standard InChI is InChI=1S/C41H64O13/c1-6-8-9-10-11-16-35(44)53-39-27(20-36(45)48-5)19-33-25-34(26-42)50-37(46)22-28(43)21-30-14-12-15-31(49-30)24-32-23-29(13-7-2)51-38(52-32)17-18-40(3,4)41(39,47)54-33/h7,17-18,20,28-34,38-39,42-43,47H,2,6,8-16,19,21-26H2,1,3-5H3/t28-,29+,30?,31?,32?,33+,34-,38+,39+,41-/m1/s1. The summed E-state index contributed by atoms with van der Waals surface area (Å²) >= 11 is 0. The highest BCUT2D eigenvalue weighted by atomic mass is 16.7. The highest BCUT2D eigenvalue weighted by Crippen LogP contribution is 2.47. The molecule has 4 aliphatic heterocycles. The van der Waals surface area contributed by atoms with Crippen LogP contribution in [0.25, 0.3) is 0 Å². The van der Waals surface area contributed by atoms with E-state index in [9.17, 15) is 29.7 Å². The highest BCUT2D eigenvalue weighted by molar-refractivity contribution is 5.83. The number of methoxy groups -OCH3 is 1. The number of aliphatic hydroxyl groups excluding tert-OH is 2. The van der Waals surface area contributed by atoms with Crippen LogP contribution < -0.4 is 0 Å². The maximum absolute atomic E-state index is 13.4. The smallest absolute Gasteiger partial charge is 0.330 e. The number of unbranched alkanes of at least 4 members (excludes halogenated alkanes) is 4. The molecule has 6 bridgehead atoms. The monoisotopic (exact) mass is 764 g/mol. The van der Waals surface area contributed by atoms with Crippen LogP contribution in [0.3, 0.4) is 0 Å². The lowest BCUT2D eigenvalue weighted by atomic mass is 9.74. The van der Waals surface area contributed by atoms with Crippen molar-refractivity contribution in [1.82, 2.24) is 0 Å². The topological polar surface area (TPSA) is 177 Å². The summed E-state index contributed by atoms with van der Waals surface area (Å²) in [4.78, 5) is 39.1. The molecule has 10 atom stereocenters. The molecular weight excluding hydrogens is 700 g/mol. The minimum atomic E-state index is -2.27. The van der Waals surface area contributed by atoms with Gasteiger partial charge in [0.1, 0.15) is 6.10 Å². The third-order valence-electron chi connectivity index (χ3n) is 10.9. The normalized spacial score (nSPS) is 35.7. The van der Waals surface area contributed by atoms with Crippen molar-refractivity contribution in [3.8, 4) is 0 Å². The van der Waals surface area contributed by atoms with Crippen LogP contribution in [0, 0.1) is 5.41 Å². The molecule has 3 fully saturated rings. The van der Waals surface area contributed by atoms with E-state index in [-0.39, 0.29) is 62.1 Å². The molecule has 0 aromatic rings. The summed E-state index contributed by atoms with van der Waals surface area (Å²) in [6.07, 6.45) is 9.26. The Hall–Kier alpha value is -2.65. The molecule has 0 spiro atoms. The Morgan fingerprint density at radius 2 is 1.69 bits per heavy atom. The quantitative estimate of drug-likeness (QED) is 0.0816. The fourth-order valence-electron chi connectivity index (χ4n) is 7.89. The van der Waals surface area contributed by atoms with E-state index in [0.29, 0.717) is 25.7 Å². The Morgan fingerprint density at radius 3 is 2.39 bits per heavy atom. The molecule has 13 heteroatoms. The molecule has 0 aromatic carbocycles. The second-order valence-electron chi connectivity index (χ2n) is 15.8. The van der Waals surface area contributed by atoms with Crippen LogP contribution in [0.2, 0.25) is 0 Å². The highest BCUT2D eigenvalue weighted by Gasteiger charge is 2.57. The van der Waals surface area contributed by atoms with Crippen molar-refractivity contribution in [2.24, 2.45) is 5.41 Å². The van der Waals surface area contributed by atoms with Gasteiger partial charge >= 0.3 is 17.9 Å². The third-order valence-corrected chi connectivity index (χ3v) is 10.9. The van der Waals surface area contributed by atoms with Crippen LogP contribution >= 0.6 is 0 Å². The molecule has 0 amide bonds. The van der Waals surface area contributed by atoms with Gasteiger partial charge in [0.2, 0.25) is 5.79 Å². The number of cyclic esters (lactones) is 1. The van der Waals surface area contributed by atoms with Crippen LogP contribution in [-0.2, 0) is 47.5 Å². The van der Waals surface area contributed by atoms with Crippen LogP contribution in [0.4, 0.5) is 0 Å². The van der Waals surface area contributed by atoms with Crippen molar-refractivity contribution in [3.05, 3.63) is 36.5 Å². The van der Waals surface area contributed by atoms with Crippen molar-refractivity contribution in [2.75, 3.05) is 13.7 Å².